The van der Waals surface area contributed by atoms with Gasteiger partial charge in [-0.1, -0.05) is 11.6 Å². The molecule has 0 aliphatic carbocycles. The maximum Gasteiger partial charge on any atom is 0.232 e. The molecule has 0 aromatic heterocycles. The number of nitrogens with zero attached hydrogens (tertiary/aromatic N) is 2. The Morgan fingerprint density at radius 1 is 1.31 bits per heavy atom. The summed E-state index contributed by atoms with van der Waals surface area (Å²) in [6.07, 6.45) is 2.27. The minimum atomic E-state index is -0.367. The Kier molecular flexibility index (Phi) is 6.15. The molecule has 5 nitrogen and oxygen atoms in total. The molecule has 7 heteroatoms. The third kappa shape index (κ3) is 4.18. The van der Waals surface area contributed by atoms with Gasteiger partial charge in [-0.3, -0.25) is 9.59 Å². The van der Waals surface area contributed by atoms with Crippen molar-refractivity contribution >= 4 is 35.2 Å². The monoisotopic (exact) mass is 396 g/mol. The van der Waals surface area contributed by atoms with Crippen LogP contribution in [0.3, 0.4) is 0 Å². The Morgan fingerprint density at radius 3 is 2.58 bits per heavy atom. The molecule has 26 heavy (non-hydrogen) atoms. The number of likely N-dealkylation sites (tertiary alicyclic amines) is 2. The number of carbonyl (C=O) groups excluding carboxylic acids is 2. The molecule has 3 rings (SSSR count). The Labute approximate surface area is 164 Å². The van der Waals surface area contributed by atoms with Crippen molar-refractivity contribution in [2.75, 3.05) is 39.5 Å². The smallest absolute Gasteiger partial charge is 0.232 e. The number of carbonyl (C=O) groups is 2. The second kappa shape index (κ2) is 8.19. The summed E-state index contributed by atoms with van der Waals surface area (Å²) < 4.78 is 5.52. The zero-order valence-corrected chi connectivity index (χ0v) is 16.8. The molecule has 1 unspecified atom stereocenters. The summed E-state index contributed by atoms with van der Waals surface area (Å²) in [6.45, 7) is 1.92. The number of rotatable bonds is 4. The first-order valence-electron chi connectivity index (χ1n) is 8.88. The van der Waals surface area contributed by atoms with Crippen LogP contribution in [0.1, 0.15) is 19.3 Å². The summed E-state index contributed by atoms with van der Waals surface area (Å²) in [5, 5.41) is 0.693. The van der Waals surface area contributed by atoms with Crippen LogP contribution in [-0.4, -0.2) is 67.3 Å². The molecule has 142 valence electrons. The van der Waals surface area contributed by atoms with Crippen LogP contribution in [0.5, 0.6) is 0 Å². The fourth-order valence-corrected chi connectivity index (χ4v) is 4.84. The summed E-state index contributed by atoms with van der Waals surface area (Å²) in [5.74, 6) is 0.733. The van der Waals surface area contributed by atoms with E-state index in [0.717, 1.165) is 11.3 Å². The highest BCUT2D eigenvalue weighted by Gasteiger charge is 2.48. The lowest BCUT2D eigenvalue weighted by Crippen LogP contribution is -2.57. The minimum Gasteiger partial charge on any atom is -0.380 e. The van der Waals surface area contributed by atoms with Crippen LogP contribution in [0.15, 0.2) is 29.2 Å². The van der Waals surface area contributed by atoms with E-state index in [-0.39, 0.29) is 23.3 Å². The summed E-state index contributed by atoms with van der Waals surface area (Å²) >= 11 is 7.40. The standard InChI is InChI=1S/C19H25ClN2O3S/c1-21-12-15(25-2)11-19(18(21)24)7-9-22(10-8-19)17(23)13-26-16-5-3-14(20)4-6-16/h3-6,15H,7-13H2,1-2H3. The van der Waals surface area contributed by atoms with Crippen LogP contribution < -0.4 is 0 Å². The van der Waals surface area contributed by atoms with E-state index in [9.17, 15) is 9.59 Å². The van der Waals surface area contributed by atoms with Crippen molar-refractivity contribution in [2.45, 2.75) is 30.3 Å². The van der Waals surface area contributed by atoms with Crippen molar-refractivity contribution in [3.8, 4) is 0 Å². The zero-order valence-electron chi connectivity index (χ0n) is 15.2. The van der Waals surface area contributed by atoms with Gasteiger partial charge in [-0.2, -0.15) is 0 Å². The molecule has 2 aliphatic heterocycles. The van der Waals surface area contributed by atoms with Crippen molar-refractivity contribution in [2.24, 2.45) is 5.41 Å². The van der Waals surface area contributed by atoms with Gasteiger partial charge in [-0.05, 0) is 43.5 Å². The highest BCUT2D eigenvalue weighted by molar-refractivity contribution is 8.00. The maximum absolute atomic E-state index is 12.7. The third-order valence-corrected chi connectivity index (χ3v) is 6.73. The molecule has 0 bridgehead atoms. The van der Waals surface area contributed by atoms with Gasteiger partial charge in [-0.15, -0.1) is 11.8 Å². The third-order valence-electron chi connectivity index (χ3n) is 5.48. The maximum atomic E-state index is 12.7. The van der Waals surface area contributed by atoms with Crippen LogP contribution in [0.2, 0.25) is 5.02 Å². The topological polar surface area (TPSA) is 49.9 Å². The molecular formula is C19H25ClN2O3S. The van der Waals surface area contributed by atoms with Crippen LogP contribution >= 0.6 is 23.4 Å². The van der Waals surface area contributed by atoms with Gasteiger partial charge in [0.2, 0.25) is 11.8 Å². The fourth-order valence-electron chi connectivity index (χ4n) is 3.91. The average molecular weight is 397 g/mol. The lowest BCUT2D eigenvalue weighted by atomic mass is 9.71. The van der Waals surface area contributed by atoms with Gasteiger partial charge in [0, 0.05) is 43.7 Å². The predicted molar refractivity (Wildman–Crippen MR) is 103 cm³/mol. The number of hydrogen-bond acceptors (Lipinski definition) is 4. The number of methoxy groups -OCH3 is 1. The molecule has 1 atom stereocenters. The number of piperidine rings is 2. The molecule has 2 amide bonds. The van der Waals surface area contributed by atoms with Gasteiger partial charge in [0.15, 0.2) is 0 Å². The first-order valence-corrected chi connectivity index (χ1v) is 10.2. The van der Waals surface area contributed by atoms with Crippen molar-refractivity contribution in [1.29, 1.82) is 0 Å². The summed E-state index contributed by atoms with van der Waals surface area (Å²) in [7, 11) is 3.55. The molecule has 2 aliphatic rings. The Bertz CT molecular complexity index is 659. The SMILES string of the molecule is COC1CN(C)C(=O)C2(CCN(C(=O)CSc3ccc(Cl)cc3)CC2)C1. The quantitative estimate of drug-likeness (QED) is 0.734. The van der Waals surface area contributed by atoms with Gasteiger partial charge < -0.3 is 14.5 Å². The molecule has 1 spiro atoms. The van der Waals surface area contributed by atoms with Gasteiger partial charge >= 0.3 is 0 Å². The molecular weight excluding hydrogens is 372 g/mol. The second-order valence-electron chi connectivity index (χ2n) is 7.15. The van der Waals surface area contributed by atoms with Crippen molar-refractivity contribution in [1.82, 2.24) is 9.80 Å². The first-order chi connectivity index (χ1) is 12.4. The number of hydrogen-bond donors (Lipinski definition) is 0. The van der Waals surface area contributed by atoms with E-state index in [4.69, 9.17) is 16.3 Å². The normalized spacial score (nSPS) is 22.7. The fraction of sp³-hybridized carbons (Fsp3) is 0.579. The lowest BCUT2D eigenvalue weighted by molar-refractivity contribution is -0.157. The number of halogens is 1. The van der Waals surface area contributed by atoms with Crippen molar-refractivity contribution in [3.05, 3.63) is 29.3 Å². The summed E-state index contributed by atoms with van der Waals surface area (Å²) in [6, 6.07) is 7.51. The van der Waals surface area contributed by atoms with Gasteiger partial charge in [0.25, 0.3) is 0 Å². The van der Waals surface area contributed by atoms with E-state index >= 15 is 0 Å². The lowest BCUT2D eigenvalue weighted by Gasteiger charge is -2.47. The molecule has 2 fully saturated rings. The number of likely N-dealkylation sites (N-methyl/N-ethyl adjacent to an activating group) is 1. The van der Waals surface area contributed by atoms with E-state index in [1.54, 1.807) is 12.0 Å². The number of amides is 2. The van der Waals surface area contributed by atoms with E-state index in [2.05, 4.69) is 0 Å². The largest absolute Gasteiger partial charge is 0.380 e. The van der Waals surface area contributed by atoms with E-state index in [1.165, 1.54) is 11.8 Å². The highest BCUT2D eigenvalue weighted by atomic mass is 35.5. The Hall–Kier alpha value is -1.24. The number of benzene rings is 1. The molecule has 2 heterocycles. The van der Waals surface area contributed by atoms with E-state index in [1.807, 2.05) is 36.2 Å². The summed E-state index contributed by atoms with van der Waals surface area (Å²) in [5.41, 5.74) is -0.367. The van der Waals surface area contributed by atoms with Crippen LogP contribution in [-0.2, 0) is 14.3 Å². The van der Waals surface area contributed by atoms with Crippen molar-refractivity contribution in [3.63, 3.8) is 0 Å². The van der Waals surface area contributed by atoms with Crippen LogP contribution in [0.4, 0.5) is 0 Å². The average Bonchev–Trinajstić information content (AvgIpc) is 2.65. The highest BCUT2D eigenvalue weighted by Crippen LogP contribution is 2.41. The van der Waals surface area contributed by atoms with Crippen molar-refractivity contribution < 1.29 is 14.3 Å². The zero-order chi connectivity index (χ0) is 18.7. The van der Waals surface area contributed by atoms with Gasteiger partial charge in [-0.25, -0.2) is 0 Å². The van der Waals surface area contributed by atoms with Crippen LogP contribution in [0.25, 0.3) is 0 Å². The van der Waals surface area contributed by atoms with E-state index in [0.29, 0.717) is 43.3 Å². The molecule has 0 N–H and O–H groups in total. The molecule has 1 aromatic rings. The van der Waals surface area contributed by atoms with Gasteiger partial charge in [0.05, 0.1) is 17.3 Å². The van der Waals surface area contributed by atoms with E-state index < -0.39 is 0 Å². The number of thioether (sulfide) groups is 1. The molecule has 1 aromatic carbocycles. The first kappa shape index (κ1) is 19.5. The predicted octanol–water partition coefficient (Wildman–Crippen LogP) is 2.92. The Balaban J connectivity index is 1.54. The second-order valence-corrected chi connectivity index (χ2v) is 8.64. The molecule has 0 radical (unpaired) electrons. The Morgan fingerprint density at radius 2 is 1.96 bits per heavy atom. The number of ether oxygens (including phenoxy) is 1. The molecule has 2 saturated heterocycles. The minimum absolute atomic E-state index is 0.0837. The van der Waals surface area contributed by atoms with Gasteiger partial charge in [0.1, 0.15) is 0 Å². The molecule has 0 saturated carbocycles. The van der Waals surface area contributed by atoms with Crippen LogP contribution in [0, 0.1) is 5.41 Å². The summed E-state index contributed by atoms with van der Waals surface area (Å²) in [4.78, 5) is 30.0.